The Morgan fingerprint density at radius 3 is 2.64 bits per heavy atom. The van der Waals surface area contributed by atoms with Crippen molar-refractivity contribution in [2.75, 3.05) is 48.5 Å². The maximum absolute atomic E-state index is 6.05. The molecule has 0 spiro atoms. The molecule has 0 fully saturated rings. The number of fused-ring (bicyclic) bond motifs is 1. The molecule has 0 aliphatic rings. The first-order chi connectivity index (χ1) is 10.6. The Balaban J connectivity index is 2.61. The highest BCUT2D eigenvalue weighted by molar-refractivity contribution is 5.93. The van der Waals surface area contributed by atoms with Gasteiger partial charge in [0.2, 0.25) is 11.9 Å². The molecule has 0 radical (unpaired) electrons. The fourth-order valence-corrected chi connectivity index (χ4v) is 2.00. The predicted octanol–water partition coefficient (Wildman–Crippen LogP) is 0.935. The highest BCUT2D eigenvalue weighted by atomic mass is 15.3. The summed E-state index contributed by atoms with van der Waals surface area (Å²) in [5.74, 6) is 4.33. The fraction of sp³-hybridized carbons (Fsp3) is 0.429. The lowest BCUT2D eigenvalue weighted by molar-refractivity contribution is 0.823. The Morgan fingerprint density at radius 2 is 2.00 bits per heavy atom. The number of hydrogen-bond acceptors (Lipinski definition) is 8. The van der Waals surface area contributed by atoms with Crippen LogP contribution in [0.15, 0.2) is 0 Å². The van der Waals surface area contributed by atoms with Gasteiger partial charge in [-0.05, 0) is 6.42 Å². The second kappa shape index (κ2) is 6.76. The van der Waals surface area contributed by atoms with Crippen LogP contribution in [-0.4, -0.2) is 47.1 Å². The van der Waals surface area contributed by atoms with E-state index in [-0.39, 0.29) is 0 Å². The van der Waals surface area contributed by atoms with Crippen LogP contribution in [0.5, 0.6) is 0 Å². The number of nitrogens with two attached hydrogens (primary N) is 1. The molecule has 8 heteroatoms. The first kappa shape index (κ1) is 15.6. The Kier molecular flexibility index (Phi) is 4.78. The number of nitrogens with one attached hydrogen (secondary N) is 2. The number of nitrogens with zero attached hydrogens (tertiary/aromatic N) is 5. The molecule has 22 heavy (non-hydrogen) atoms. The third-order valence-electron chi connectivity index (χ3n) is 3.04. The van der Waals surface area contributed by atoms with E-state index in [1.807, 2.05) is 11.9 Å². The van der Waals surface area contributed by atoms with Gasteiger partial charge in [0.15, 0.2) is 11.6 Å². The topological polar surface area (TPSA) is 105 Å². The summed E-state index contributed by atoms with van der Waals surface area (Å²) in [6, 6.07) is 0. The van der Waals surface area contributed by atoms with E-state index < -0.39 is 0 Å². The van der Waals surface area contributed by atoms with Crippen molar-refractivity contribution in [2.45, 2.75) is 13.3 Å². The van der Waals surface area contributed by atoms with Crippen molar-refractivity contribution < 1.29 is 0 Å². The molecule has 0 saturated carbocycles. The second-order valence-corrected chi connectivity index (χ2v) is 4.73. The van der Waals surface area contributed by atoms with E-state index in [0.29, 0.717) is 41.1 Å². The maximum Gasteiger partial charge on any atom is 0.227 e. The molecule has 0 saturated heterocycles. The van der Waals surface area contributed by atoms with E-state index in [4.69, 9.17) is 12.2 Å². The Morgan fingerprint density at radius 1 is 1.23 bits per heavy atom. The zero-order valence-corrected chi connectivity index (χ0v) is 13.0. The maximum atomic E-state index is 6.05. The van der Waals surface area contributed by atoms with Crippen molar-refractivity contribution in [3.63, 3.8) is 0 Å². The molecule has 4 N–H and O–H groups in total. The molecule has 2 rings (SSSR count). The summed E-state index contributed by atoms with van der Waals surface area (Å²) >= 11 is 0. The summed E-state index contributed by atoms with van der Waals surface area (Å²) in [5.41, 5.74) is 7.10. The molecular formula is C14H20N8. The van der Waals surface area contributed by atoms with Gasteiger partial charge >= 0.3 is 0 Å². The predicted molar refractivity (Wildman–Crippen MR) is 90.0 cm³/mol. The molecule has 116 valence electrons. The minimum absolute atomic E-state index is 0.311. The van der Waals surface area contributed by atoms with Gasteiger partial charge in [0.1, 0.15) is 11.0 Å². The standard InChI is InChI=1S/C14H20N8/c1-5-7-17-12-10-9(18-13(16-3)21-12)11(15)20-14(19-10)22(4)8-6-2/h1H,6-8H2,2-4H3,(H2,15,19,20)(H2,16,17,18,21). The normalized spacial score (nSPS) is 10.3. The van der Waals surface area contributed by atoms with Gasteiger partial charge in [-0.1, -0.05) is 12.8 Å². The molecule has 0 atom stereocenters. The number of aromatic nitrogens is 4. The second-order valence-electron chi connectivity index (χ2n) is 4.73. The van der Waals surface area contributed by atoms with Gasteiger partial charge in [-0.25, -0.2) is 9.97 Å². The molecule has 0 aliphatic heterocycles. The van der Waals surface area contributed by atoms with Gasteiger partial charge in [-0.15, -0.1) is 6.42 Å². The first-order valence-electron chi connectivity index (χ1n) is 7.02. The fourth-order valence-electron chi connectivity index (χ4n) is 2.00. The van der Waals surface area contributed by atoms with Gasteiger partial charge in [0, 0.05) is 20.6 Å². The van der Waals surface area contributed by atoms with Crippen molar-refractivity contribution in [1.82, 2.24) is 19.9 Å². The molecule has 2 heterocycles. The number of terminal acetylenes is 1. The summed E-state index contributed by atoms with van der Waals surface area (Å²) in [6.45, 7) is 3.25. The van der Waals surface area contributed by atoms with Crippen molar-refractivity contribution in [3.8, 4) is 12.3 Å². The van der Waals surface area contributed by atoms with Crippen LogP contribution in [0.4, 0.5) is 23.5 Å². The summed E-state index contributed by atoms with van der Waals surface area (Å²) < 4.78 is 0. The van der Waals surface area contributed by atoms with Crippen LogP contribution in [0.1, 0.15) is 13.3 Å². The summed E-state index contributed by atoms with van der Waals surface area (Å²) in [6.07, 6.45) is 6.28. The smallest absolute Gasteiger partial charge is 0.227 e. The van der Waals surface area contributed by atoms with Crippen LogP contribution < -0.4 is 21.3 Å². The monoisotopic (exact) mass is 300 g/mol. The molecule has 2 aromatic heterocycles. The Bertz CT molecular complexity index is 706. The Hall–Kier alpha value is -2.82. The van der Waals surface area contributed by atoms with Crippen molar-refractivity contribution in [1.29, 1.82) is 0 Å². The van der Waals surface area contributed by atoms with Crippen LogP contribution in [-0.2, 0) is 0 Å². The van der Waals surface area contributed by atoms with Gasteiger partial charge in [0.25, 0.3) is 0 Å². The third-order valence-corrected chi connectivity index (χ3v) is 3.04. The molecule has 8 nitrogen and oxygen atoms in total. The number of rotatable bonds is 6. The van der Waals surface area contributed by atoms with Gasteiger partial charge in [0.05, 0.1) is 6.54 Å². The largest absolute Gasteiger partial charge is 0.382 e. The number of hydrogen-bond donors (Lipinski definition) is 3. The van der Waals surface area contributed by atoms with Gasteiger partial charge < -0.3 is 21.3 Å². The third kappa shape index (κ3) is 3.09. The molecule has 0 aromatic carbocycles. The molecule has 2 aromatic rings. The van der Waals surface area contributed by atoms with E-state index in [9.17, 15) is 0 Å². The van der Waals surface area contributed by atoms with E-state index >= 15 is 0 Å². The lowest BCUT2D eigenvalue weighted by Gasteiger charge is -2.17. The minimum atomic E-state index is 0.311. The molecular weight excluding hydrogens is 280 g/mol. The molecule has 0 amide bonds. The van der Waals surface area contributed by atoms with E-state index in [2.05, 4.69) is 43.4 Å². The number of anilines is 4. The molecule has 0 aliphatic carbocycles. The van der Waals surface area contributed by atoms with Gasteiger partial charge in [-0.3, -0.25) is 0 Å². The zero-order valence-electron chi connectivity index (χ0n) is 13.0. The molecule has 0 unspecified atom stereocenters. The van der Waals surface area contributed by atoms with E-state index in [1.165, 1.54) is 0 Å². The van der Waals surface area contributed by atoms with Crippen LogP contribution in [0.25, 0.3) is 11.0 Å². The van der Waals surface area contributed by atoms with Crippen molar-refractivity contribution in [3.05, 3.63) is 0 Å². The van der Waals surface area contributed by atoms with E-state index in [0.717, 1.165) is 13.0 Å². The van der Waals surface area contributed by atoms with E-state index in [1.54, 1.807) is 7.05 Å². The quantitative estimate of drug-likeness (QED) is 0.677. The van der Waals surface area contributed by atoms with Crippen LogP contribution in [0, 0.1) is 12.3 Å². The lowest BCUT2D eigenvalue weighted by Crippen LogP contribution is -2.21. The highest BCUT2D eigenvalue weighted by Crippen LogP contribution is 2.25. The first-order valence-corrected chi connectivity index (χ1v) is 7.02. The average molecular weight is 300 g/mol. The van der Waals surface area contributed by atoms with Crippen LogP contribution >= 0.6 is 0 Å². The summed E-state index contributed by atoms with van der Waals surface area (Å²) in [5, 5.41) is 5.93. The van der Waals surface area contributed by atoms with Crippen LogP contribution in [0.3, 0.4) is 0 Å². The lowest BCUT2D eigenvalue weighted by atomic mass is 10.3. The Labute approximate surface area is 129 Å². The summed E-state index contributed by atoms with van der Waals surface area (Å²) in [7, 11) is 3.65. The number of nitrogen functional groups attached to an aromatic ring is 1. The highest BCUT2D eigenvalue weighted by Gasteiger charge is 2.15. The van der Waals surface area contributed by atoms with Crippen molar-refractivity contribution in [2.24, 2.45) is 0 Å². The van der Waals surface area contributed by atoms with Gasteiger partial charge in [-0.2, -0.15) is 9.97 Å². The minimum Gasteiger partial charge on any atom is -0.382 e. The summed E-state index contributed by atoms with van der Waals surface area (Å²) in [4.78, 5) is 19.5. The zero-order chi connectivity index (χ0) is 16.1. The van der Waals surface area contributed by atoms with Crippen LogP contribution in [0.2, 0.25) is 0 Å². The SMILES string of the molecule is C#CCNc1nc(NC)nc2c(N)nc(N(C)CCC)nc12. The van der Waals surface area contributed by atoms with Crippen molar-refractivity contribution >= 4 is 34.6 Å². The molecule has 0 bridgehead atoms. The average Bonchev–Trinajstić information content (AvgIpc) is 2.52.